The van der Waals surface area contributed by atoms with Crippen molar-refractivity contribution in [2.45, 2.75) is 103 Å². The van der Waals surface area contributed by atoms with E-state index in [-0.39, 0.29) is 194 Å². The molecule has 4 fully saturated rings. The van der Waals surface area contributed by atoms with Crippen molar-refractivity contribution in [1.29, 1.82) is 0 Å². The van der Waals surface area contributed by atoms with Crippen LogP contribution in [0.5, 0.6) is 0 Å². The van der Waals surface area contributed by atoms with Crippen molar-refractivity contribution in [3.05, 3.63) is 304 Å². The van der Waals surface area contributed by atoms with Gasteiger partial charge in [0.05, 0.1) is 54.0 Å². The summed E-state index contributed by atoms with van der Waals surface area (Å²) in [6, 6.07) is 39.6. The van der Waals surface area contributed by atoms with Gasteiger partial charge in [0, 0.05) is 143 Å². The number of nitrogens with one attached hydrogen (secondary N) is 1. The van der Waals surface area contributed by atoms with Crippen LogP contribution in [-0.2, 0) is 40.7 Å². The summed E-state index contributed by atoms with van der Waals surface area (Å²) in [6.07, 6.45) is -12.4. The number of carbonyl (C=O) groups excluding carboxylic acids is 8. The third-order valence-corrected chi connectivity index (χ3v) is 24.9. The fraction of sp³-hybridized carbons (Fsp3) is 0.290. The highest BCUT2D eigenvalue weighted by atomic mass is 19.4. The predicted octanol–water partition coefficient (Wildman–Crippen LogP) is 15.5. The van der Waals surface area contributed by atoms with Crippen LogP contribution in [0.25, 0.3) is 67.6 Å². The number of H-pyrrole nitrogens is 1. The Morgan fingerprint density at radius 2 is 0.639 bits per heavy atom. The number of fused-ring (bicyclic) bond motifs is 4. The highest BCUT2D eigenvalue weighted by Crippen LogP contribution is 2.41. The SMILES string of the molecule is CC(C)C(O)C(=O)N1CCN(C(=O)c2cn3nc(-c4ccc(F)cc4)cc(C(F)(F)F)c3n2)C[C@@H]1C.C[C@H]1CN(C(=O)c2cn3nc(-c4ccc(F)cc4)cc(C(F)(F)F)c3n2)CCN1C(=O)Cc1ccccc1.C[C@H]1CN(C(=O)c2cn3nc(-c4ccc(F)cc4)cc(C(F)(F)F)c3n2)CCN1C(=O)c1ccccc1.C[C@H]1CN(C(=O)c2cn3nc(-c4ccc(F)cc4)cc(C(F)(F)F)c3n2)CCN1C(=O)c1ncc[nH]1. The van der Waals surface area contributed by atoms with E-state index in [1.54, 1.807) is 66.7 Å². The molecule has 19 rings (SSSR count). The summed E-state index contributed by atoms with van der Waals surface area (Å²) in [4.78, 5) is 138. The number of alkyl halides is 12. The topological polar surface area (TPSA) is 332 Å². The number of piperazine rings is 4. The van der Waals surface area contributed by atoms with Gasteiger partial charge in [0.25, 0.3) is 41.4 Å². The molecule has 2 N–H and O–H groups in total. The number of carbonyl (C=O) groups is 8. The first kappa shape index (κ1) is 103. The van der Waals surface area contributed by atoms with Gasteiger partial charge in [-0.15, -0.1) is 0 Å². The summed E-state index contributed by atoms with van der Waals surface area (Å²) < 4.78 is 223. The third kappa shape index (κ3) is 23.0. The molecule has 0 bridgehead atoms. The Kier molecular flexibility index (Phi) is 29.7. The summed E-state index contributed by atoms with van der Waals surface area (Å²) in [5.41, 5.74) is -4.80. The molecule has 9 aromatic heterocycles. The number of aliphatic hydroxyl groups is 1. The summed E-state index contributed by atoms with van der Waals surface area (Å²) in [5.74, 6) is -5.44. The van der Waals surface area contributed by atoms with Crippen molar-refractivity contribution < 1.29 is 114 Å². The Hall–Kier alpha value is -16.4. The molecule has 0 aliphatic carbocycles. The van der Waals surface area contributed by atoms with Gasteiger partial charge in [0.1, 0.15) is 74.4 Å². The first-order chi connectivity index (χ1) is 69.7. The van der Waals surface area contributed by atoms with Gasteiger partial charge in [0.2, 0.25) is 5.91 Å². The molecular weight excluding hydrogens is 1960 g/mol. The number of hydrogen-bond donors (Lipinski definition) is 2. The molecule has 13 heterocycles. The van der Waals surface area contributed by atoms with Crippen LogP contribution >= 0.6 is 0 Å². The molecule has 4 saturated heterocycles. The van der Waals surface area contributed by atoms with E-state index >= 15 is 0 Å². The Morgan fingerprint density at radius 1 is 0.361 bits per heavy atom. The van der Waals surface area contributed by atoms with E-state index in [4.69, 9.17) is 0 Å². The van der Waals surface area contributed by atoms with Crippen LogP contribution in [0.4, 0.5) is 70.2 Å². The molecule has 1 unspecified atom stereocenters. The Bertz CT molecular complexity index is 7420. The first-order valence-corrected chi connectivity index (χ1v) is 45.8. The van der Waals surface area contributed by atoms with Crippen molar-refractivity contribution in [3.8, 4) is 45.0 Å². The van der Waals surface area contributed by atoms with E-state index in [9.17, 15) is 114 Å². The van der Waals surface area contributed by atoms with E-state index in [1.165, 1.54) is 85.4 Å². The largest absolute Gasteiger partial charge is 0.420 e. The number of aliphatic hydroxyl groups excluding tert-OH is 1. The number of aromatic amines is 1. The average Bonchev–Trinajstić information content (AvgIpc) is 1.61. The van der Waals surface area contributed by atoms with Crippen molar-refractivity contribution in [2.24, 2.45) is 5.92 Å². The lowest BCUT2D eigenvalue weighted by Crippen LogP contribution is -2.58. The van der Waals surface area contributed by atoms with Crippen LogP contribution in [-0.4, -0.2) is 269 Å². The average molecular weight is 2050 g/mol. The number of benzene rings is 6. The first-order valence-electron chi connectivity index (χ1n) is 45.8. The van der Waals surface area contributed by atoms with Crippen LogP contribution < -0.4 is 0 Å². The smallest absolute Gasteiger partial charge is 0.383 e. The number of rotatable bonds is 14. The zero-order valence-electron chi connectivity index (χ0n) is 78.6. The molecular formula is C100H88F16N22O9. The van der Waals surface area contributed by atoms with E-state index < -0.39 is 134 Å². The maximum Gasteiger partial charge on any atom is 0.420 e. The minimum Gasteiger partial charge on any atom is -0.383 e. The summed E-state index contributed by atoms with van der Waals surface area (Å²) in [5, 5.41) is 26.8. The molecule has 0 saturated carbocycles. The monoisotopic (exact) mass is 2040 g/mol. The lowest BCUT2D eigenvalue weighted by Gasteiger charge is -2.40. The highest BCUT2D eigenvalue weighted by Gasteiger charge is 2.44. The maximum atomic E-state index is 13.9. The Morgan fingerprint density at radius 3 is 0.912 bits per heavy atom. The van der Waals surface area contributed by atoms with Gasteiger partial charge >= 0.3 is 24.7 Å². The van der Waals surface area contributed by atoms with E-state index in [0.717, 1.165) is 121 Å². The minimum absolute atomic E-state index is 0.0413. The van der Waals surface area contributed by atoms with Gasteiger partial charge < -0.3 is 49.3 Å². The van der Waals surface area contributed by atoms with Gasteiger partial charge in [-0.05, 0) is 173 Å². The lowest BCUT2D eigenvalue weighted by atomic mass is 10.0. The lowest BCUT2D eigenvalue weighted by molar-refractivity contribution is -0.146. The Balaban J connectivity index is 0.000000140. The normalized spacial score (nSPS) is 16.7. The third-order valence-electron chi connectivity index (χ3n) is 24.9. The second-order valence-electron chi connectivity index (χ2n) is 35.5. The molecule has 764 valence electrons. The molecule has 8 amide bonds. The summed E-state index contributed by atoms with van der Waals surface area (Å²) in [7, 11) is 0. The molecule has 15 aromatic rings. The predicted molar refractivity (Wildman–Crippen MR) is 497 cm³/mol. The van der Waals surface area contributed by atoms with Gasteiger partial charge in [-0.2, -0.15) is 73.1 Å². The zero-order valence-corrected chi connectivity index (χ0v) is 78.6. The van der Waals surface area contributed by atoms with E-state index in [0.29, 0.717) is 12.1 Å². The van der Waals surface area contributed by atoms with E-state index in [1.807, 2.05) is 50.2 Å². The molecule has 5 atom stereocenters. The number of amides is 8. The van der Waals surface area contributed by atoms with Crippen LogP contribution in [0, 0.1) is 29.2 Å². The Labute approximate surface area is 824 Å². The van der Waals surface area contributed by atoms with Crippen LogP contribution in [0.1, 0.15) is 132 Å². The molecule has 6 aromatic carbocycles. The van der Waals surface area contributed by atoms with Gasteiger partial charge in [0.15, 0.2) is 28.4 Å². The second kappa shape index (κ2) is 42.1. The van der Waals surface area contributed by atoms with Crippen molar-refractivity contribution in [3.63, 3.8) is 0 Å². The molecule has 4 aliphatic rings. The minimum atomic E-state index is -4.78. The number of imidazole rings is 5. The molecule has 47 heteroatoms. The number of aromatic nitrogens is 14. The molecule has 4 aliphatic heterocycles. The van der Waals surface area contributed by atoms with Gasteiger partial charge in [-0.3, -0.25) is 38.4 Å². The second-order valence-corrected chi connectivity index (χ2v) is 35.5. The quantitative estimate of drug-likeness (QED) is 0.0955. The molecule has 31 nitrogen and oxygen atoms in total. The molecule has 0 radical (unpaired) electrons. The van der Waals surface area contributed by atoms with Crippen LogP contribution in [0.2, 0.25) is 0 Å². The molecule has 147 heavy (non-hydrogen) atoms. The fourth-order valence-electron chi connectivity index (χ4n) is 17.3. The maximum absolute atomic E-state index is 13.9. The van der Waals surface area contributed by atoms with E-state index in [2.05, 4.69) is 50.3 Å². The van der Waals surface area contributed by atoms with Crippen molar-refractivity contribution in [1.82, 2.24) is 108 Å². The zero-order chi connectivity index (χ0) is 105. The fourth-order valence-corrected chi connectivity index (χ4v) is 17.3. The van der Waals surface area contributed by atoms with Crippen LogP contribution in [0.3, 0.4) is 0 Å². The van der Waals surface area contributed by atoms with Crippen LogP contribution in [0.15, 0.2) is 219 Å². The number of halogens is 16. The number of nitrogens with zero attached hydrogens (tertiary/aromatic N) is 21. The summed E-state index contributed by atoms with van der Waals surface area (Å²) >= 11 is 0. The van der Waals surface area contributed by atoms with Crippen molar-refractivity contribution >= 4 is 69.8 Å². The van der Waals surface area contributed by atoms with Crippen molar-refractivity contribution in [2.75, 3.05) is 78.5 Å². The molecule has 0 spiro atoms. The van der Waals surface area contributed by atoms with Gasteiger partial charge in [-0.1, -0.05) is 62.4 Å². The highest BCUT2D eigenvalue weighted by molar-refractivity contribution is 5.98. The van der Waals surface area contributed by atoms with Gasteiger partial charge in [-0.25, -0.2) is 60.5 Å². The summed E-state index contributed by atoms with van der Waals surface area (Å²) in [6.45, 7) is 13.0. The standard InChI is InChI=1S/C27H23F4N5O2.C26H21F4N5O2.C24H25F4N5O3.C23H19F4N7O2/c1-17-15-34(11-12-35(17)24(37)13-18-5-3-2-4-6-18)26(38)23-16-36-25(32-23)21(27(29,30)31)14-22(33-36)19-7-9-20(28)10-8-19;1-16-14-33(11-12-34(16)24(36)18-5-3-2-4-6-18)25(37)22-15-35-23(31-22)20(26(28,29)30)13-21(32-35)17-7-9-19(27)10-8-17;1-13(2)20(34)23(36)32-9-8-31(11-14(32)3)22(35)19-12-33-21(29-19)17(24(26,27)28)10-18(30-33)15-4-6-16(25)7-5-15;1-13-11-32(8-9-33(13)22(36)19-28-6-7-29-19)21(35)18-12-34-20(30-18)16(23(25,26)27)10-17(31-34)14-2-4-15(24)5-3-14/h2-10,14,16-17H,11-13,15H2,1H3;2-10,13,15-16H,11-12,14H2,1H3;4-7,10,12-14,20,34H,8-9,11H2,1-3H3;2-7,10,12-13H,8-9,11H2,1H3,(H,28,29)/t17-;16-;14-,20?;13-/m0000/s1. The number of hydrogen-bond acceptors (Lipinski definition) is 18.